The zero-order valence-corrected chi connectivity index (χ0v) is 19.0. The van der Waals surface area contributed by atoms with Gasteiger partial charge in [0.25, 0.3) is 0 Å². The van der Waals surface area contributed by atoms with Gasteiger partial charge in [0.15, 0.2) is 0 Å². The van der Waals surface area contributed by atoms with Gasteiger partial charge in [-0.05, 0) is 52.0 Å². The van der Waals surface area contributed by atoms with Crippen molar-refractivity contribution in [3.05, 3.63) is 46.4 Å². The van der Waals surface area contributed by atoms with Crippen molar-refractivity contribution in [1.29, 1.82) is 0 Å². The Hall–Kier alpha value is -1.16. The van der Waals surface area contributed by atoms with Crippen LogP contribution in [0.2, 0.25) is 10.0 Å². The van der Waals surface area contributed by atoms with Crippen LogP contribution < -0.4 is 5.14 Å². The van der Waals surface area contributed by atoms with Crippen LogP contribution in [0, 0.1) is 0 Å². The van der Waals surface area contributed by atoms with Crippen molar-refractivity contribution < 1.29 is 16.8 Å². The van der Waals surface area contributed by atoms with E-state index in [-0.39, 0.29) is 43.0 Å². The van der Waals surface area contributed by atoms with Gasteiger partial charge >= 0.3 is 0 Å². The largest absolute Gasteiger partial charge is 0.244 e. The van der Waals surface area contributed by atoms with Gasteiger partial charge in [0.05, 0.1) is 9.79 Å². The molecule has 0 saturated heterocycles. The standard InChI is InChI=1S/C18H22Cl2N2O4S2/c1-11(2)22(12(3)4)28(25,26)18-10-14(20)6-8-16(18)15-7-5-13(19)9-17(15)27(21,23)24/h5-12H,1-4H3,(H2,21,23,24). The third-order valence-electron chi connectivity index (χ3n) is 4.06. The number of nitrogens with zero attached hydrogens (tertiary/aromatic N) is 1. The highest BCUT2D eigenvalue weighted by molar-refractivity contribution is 7.89. The van der Waals surface area contributed by atoms with Gasteiger partial charge in [-0.3, -0.25) is 0 Å². The summed E-state index contributed by atoms with van der Waals surface area (Å²) in [5.74, 6) is 0. The Morgan fingerprint density at radius 1 is 0.786 bits per heavy atom. The first-order chi connectivity index (χ1) is 12.8. The van der Waals surface area contributed by atoms with E-state index >= 15 is 0 Å². The average molecular weight is 465 g/mol. The van der Waals surface area contributed by atoms with Gasteiger partial charge in [0.2, 0.25) is 20.0 Å². The Bertz CT molecular complexity index is 1090. The molecule has 0 aromatic heterocycles. The lowest BCUT2D eigenvalue weighted by molar-refractivity contribution is 0.302. The number of benzene rings is 2. The Morgan fingerprint density at radius 2 is 1.18 bits per heavy atom. The topological polar surface area (TPSA) is 97.5 Å². The molecule has 0 aliphatic rings. The zero-order chi connectivity index (χ0) is 21.4. The maximum atomic E-state index is 13.5. The lowest BCUT2D eigenvalue weighted by atomic mass is 10.1. The van der Waals surface area contributed by atoms with E-state index in [1.54, 1.807) is 27.7 Å². The number of nitrogens with two attached hydrogens (primary N) is 1. The van der Waals surface area contributed by atoms with Crippen LogP contribution in [0.5, 0.6) is 0 Å². The summed E-state index contributed by atoms with van der Waals surface area (Å²) in [6, 6.07) is 7.72. The van der Waals surface area contributed by atoms with Crippen molar-refractivity contribution in [2.24, 2.45) is 5.14 Å². The minimum Gasteiger partial charge on any atom is -0.225 e. The molecule has 0 heterocycles. The molecule has 154 valence electrons. The highest BCUT2D eigenvalue weighted by atomic mass is 35.5. The van der Waals surface area contributed by atoms with Crippen molar-refractivity contribution in [2.45, 2.75) is 49.6 Å². The molecule has 0 amide bonds. The third-order valence-corrected chi connectivity index (χ3v) is 7.77. The van der Waals surface area contributed by atoms with E-state index in [1.807, 2.05) is 0 Å². The smallest absolute Gasteiger partial charge is 0.225 e. The quantitative estimate of drug-likeness (QED) is 0.694. The molecule has 0 aliphatic heterocycles. The Kier molecular flexibility index (Phi) is 6.85. The number of hydrogen-bond donors (Lipinski definition) is 1. The van der Waals surface area contributed by atoms with Crippen molar-refractivity contribution in [2.75, 3.05) is 0 Å². The van der Waals surface area contributed by atoms with Crippen LogP contribution in [0.1, 0.15) is 27.7 Å². The Labute approximate surface area is 176 Å². The summed E-state index contributed by atoms with van der Waals surface area (Å²) in [7, 11) is -8.15. The number of halogens is 2. The summed E-state index contributed by atoms with van der Waals surface area (Å²) in [5.41, 5.74) is 0.311. The van der Waals surface area contributed by atoms with Crippen LogP contribution in [0.25, 0.3) is 11.1 Å². The second-order valence-electron chi connectivity index (χ2n) is 6.85. The van der Waals surface area contributed by atoms with Crippen LogP contribution in [-0.2, 0) is 20.0 Å². The van der Waals surface area contributed by atoms with Gasteiger partial charge in [0, 0.05) is 33.3 Å². The molecule has 2 aromatic rings. The first kappa shape index (κ1) is 23.1. The molecular weight excluding hydrogens is 443 g/mol. The summed E-state index contributed by atoms with van der Waals surface area (Å²) in [4.78, 5) is -0.367. The lowest BCUT2D eigenvalue weighted by Gasteiger charge is -2.30. The van der Waals surface area contributed by atoms with E-state index in [9.17, 15) is 16.8 Å². The van der Waals surface area contributed by atoms with Crippen molar-refractivity contribution in [3.63, 3.8) is 0 Å². The van der Waals surface area contributed by atoms with Crippen molar-refractivity contribution in [1.82, 2.24) is 4.31 Å². The molecular formula is C18H22Cl2N2O4S2. The lowest BCUT2D eigenvalue weighted by Crippen LogP contribution is -2.42. The monoisotopic (exact) mass is 464 g/mol. The van der Waals surface area contributed by atoms with Crippen molar-refractivity contribution in [3.8, 4) is 11.1 Å². The SMILES string of the molecule is CC(C)N(C(C)C)S(=O)(=O)c1cc(Cl)ccc1-c1ccc(Cl)cc1S(N)(=O)=O. The molecule has 2 aromatic carbocycles. The fourth-order valence-electron chi connectivity index (χ4n) is 3.15. The highest BCUT2D eigenvalue weighted by Crippen LogP contribution is 2.37. The predicted octanol–water partition coefficient (Wildman–Crippen LogP) is 4.12. The Morgan fingerprint density at radius 3 is 1.57 bits per heavy atom. The summed E-state index contributed by atoms with van der Waals surface area (Å²) < 4.78 is 52.4. The van der Waals surface area contributed by atoms with E-state index in [0.29, 0.717) is 0 Å². The molecule has 6 nitrogen and oxygen atoms in total. The minimum atomic E-state index is -4.16. The van der Waals surface area contributed by atoms with Crippen LogP contribution >= 0.6 is 23.2 Å². The second-order valence-corrected chi connectivity index (χ2v) is 11.1. The molecule has 10 heteroatoms. The van der Waals surface area contributed by atoms with Gasteiger partial charge in [0.1, 0.15) is 0 Å². The van der Waals surface area contributed by atoms with Crippen LogP contribution in [0.4, 0.5) is 0 Å². The Balaban J connectivity index is 2.89. The molecule has 0 saturated carbocycles. The molecule has 0 radical (unpaired) electrons. The highest BCUT2D eigenvalue weighted by Gasteiger charge is 2.33. The first-order valence-corrected chi connectivity index (χ1v) is 12.2. The van der Waals surface area contributed by atoms with Gasteiger partial charge in [-0.25, -0.2) is 22.0 Å². The zero-order valence-electron chi connectivity index (χ0n) is 15.8. The summed E-state index contributed by atoms with van der Waals surface area (Å²) in [5, 5.41) is 5.71. The summed E-state index contributed by atoms with van der Waals surface area (Å²) >= 11 is 12.0. The molecule has 0 fully saturated rings. The second kappa shape index (κ2) is 8.30. The maximum Gasteiger partial charge on any atom is 0.244 e. The third kappa shape index (κ3) is 4.69. The van der Waals surface area contributed by atoms with Crippen molar-refractivity contribution >= 4 is 43.2 Å². The van der Waals surface area contributed by atoms with E-state index in [0.717, 1.165) is 0 Å². The van der Waals surface area contributed by atoms with Crippen LogP contribution in [-0.4, -0.2) is 33.2 Å². The molecule has 0 unspecified atom stereocenters. The number of rotatable bonds is 6. The molecule has 2 N–H and O–H groups in total. The average Bonchev–Trinajstić information content (AvgIpc) is 2.53. The van der Waals surface area contributed by atoms with Gasteiger partial charge in [-0.1, -0.05) is 35.3 Å². The van der Waals surface area contributed by atoms with E-state index in [4.69, 9.17) is 28.3 Å². The normalized spacial score (nSPS) is 12.9. The van der Waals surface area contributed by atoms with Gasteiger partial charge < -0.3 is 0 Å². The summed E-state index contributed by atoms with van der Waals surface area (Å²) in [6.07, 6.45) is 0. The van der Waals surface area contributed by atoms with E-state index in [2.05, 4.69) is 0 Å². The van der Waals surface area contributed by atoms with E-state index in [1.165, 1.54) is 40.7 Å². The molecule has 0 bridgehead atoms. The van der Waals surface area contributed by atoms with E-state index < -0.39 is 20.0 Å². The van der Waals surface area contributed by atoms with Gasteiger partial charge in [-0.2, -0.15) is 4.31 Å². The number of primary sulfonamides is 1. The van der Waals surface area contributed by atoms with Crippen LogP contribution in [0.15, 0.2) is 46.2 Å². The number of hydrogen-bond acceptors (Lipinski definition) is 4. The fraction of sp³-hybridized carbons (Fsp3) is 0.333. The maximum absolute atomic E-state index is 13.5. The van der Waals surface area contributed by atoms with Gasteiger partial charge in [-0.15, -0.1) is 0 Å². The number of sulfonamides is 2. The predicted molar refractivity (Wildman–Crippen MR) is 113 cm³/mol. The van der Waals surface area contributed by atoms with Crippen LogP contribution in [0.3, 0.4) is 0 Å². The minimum absolute atomic E-state index is 0.102. The fourth-order valence-corrected chi connectivity index (χ4v) is 6.47. The molecule has 0 aliphatic carbocycles. The molecule has 0 atom stereocenters. The summed E-state index contributed by atoms with van der Waals surface area (Å²) in [6.45, 7) is 7.05. The molecule has 2 rings (SSSR count). The first-order valence-electron chi connectivity index (χ1n) is 8.42. The molecule has 28 heavy (non-hydrogen) atoms. The molecule has 0 spiro atoms.